The lowest BCUT2D eigenvalue weighted by Gasteiger charge is -2.18. The summed E-state index contributed by atoms with van der Waals surface area (Å²) < 4.78 is 11.0. The van der Waals surface area contributed by atoms with Crippen LogP contribution in [0.15, 0.2) is 54.6 Å². The first kappa shape index (κ1) is 15.1. The predicted octanol–water partition coefficient (Wildman–Crippen LogP) is 3.93. The quantitative estimate of drug-likeness (QED) is 0.754. The maximum Gasteiger partial charge on any atom is 0.352 e. The van der Waals surface area contributed by atoms with Gasteiger partial charge in [0.25, 0.3) is 0 Å². The number of aryl methyl sites for hydroxylation is 1. The second kappa shape index (κ2) is 7.48. The van der Waals surface area contributed by atoms with Crippen LogP contribution < -0.4 is 4.74 Å². The predicted molar refractivity (Wildman–Crippen MR) is 82.3 cm³/mol. The van der Waals surface area contributed by atoms with Gasteiger partial charge in [0.05, 0.1) is 6.61 Å². The molecule has 2 rings (SSSR count). The van der Waals surface area contributed by atoms with Crippen molar-refractivity contribution in [3.05, 3.63) is 65.7 Å². The number of ether oxygens (including phenoxy) is 2. The standard InChI is InChI=1S/C18H20O3/c1-3-14-9-8-12-16(13-14)21-17(18(19)20-4-2)15-10-6-5-7-11-15/h5-13,17H,3-4H2,1-2H3. The van der Waals surface area contributed by atoms with Crippen molar-refractivity contribution < 1.29 is 14.3 Å². The fourth-order valence-corrected chi connectivity index (χ4v) is 2.07. The molecule has 0 aromatic heterocycles. The molecule has 0 aliphatic heterocycles. The number of hydrogen-bond donors (Lipinski definition) is 0. The second-order valence-electron chi connectivity index (χ2n) is 4.66. The van der Waals surface area contributed by atoms with Crippen LogP contribution in [0.5, 0.6) is 5.75 Å². The topological polar surface area (TPSA) is 35.5 Å². The Balaban J connectivity index is 2.25. The molecule has 0 aliphatic carbocycles. The number of hydrogen-bond acceptors (Lipinski definition) is 3. The van der Waals surface area contributed by atoms with Gasteiger partial charge in [-0.3, -0.25) is 0 Å². The Morgan fingerprint density at radius 3 is 2.48 bits per heavy atom. The molecular weight excluding hydrogens is 264 g/mol. The largest absolute Gasteiger partial charge is 0.474 e. The van der Waals surface area contributed by atoms with Crippen LogP contribution in [0.25, 0.3) is 0 Å². The third-order valence-electron chi connectivity index (χ3n) is 3.16. The van der Waals surface area contributed by atoms with Gasteiger partial charge in [-0.1, -0.05) is 49.4 Å². The Morgan fingerprint density at radius 1 is 1.05 bits per heavy atom. The molecule has 3 nitrogen and oxygen atoms in total. The smallest absolute Gasteiger partial charge is 0.352 e. The van der Waals surface area contributed by atoms with E-state index in [4.69, 9.17) is 9.47 Å². The zero-order chi connectivity index (χ0) is 15.1. The van der Waals surface area contributed by atoms with Crippen LogP contribution in [0.3, 0.4) is 0 Å². The minimum atomic E-state index is -0.738. The fraction of sp³-hybridized carbons (Fsp3) is 0.278. The second-order valence-corrected chi connectivity index (χ2v) is 4.66. The first-order valence-electron chi connectivity index (χ1n) is 7.21. The van der Waals surface area contributed by atoms with Crippen molar-refractivity contribution in [2.45, 2.75) is 26.4 Å². The summed E-state index contributed by atoms with van der Waals surface area (Å²) in [5.74, 6) is 0.307. The van der Waals surface area contributed by atoms with Crippen LogP contribution in [0.2, 0.25) is 0 Å². The minimum Gasteiger partial charge on any atom is -0.474 e. The highest BCUT2D eigenvalue weighted by Gasteiger charge is 2.23. The van der Waals surface area contributed by atoms with E-state index in [9.17, 15) is 4.79 Å². The van der Waals surface area contributed by atoms with Crippen LogP contribution in [0, 0.1) is 0 Å². The Kier molecular flexibility index (Phi) is 5.38. The van der Waals surface area contributed by atoms with Gasteiger partial charge in [0, 0.05) is 5.56 Å². The molecule has 2 aromatic rings. The van der Waals surface area contributed by atoms with Crippen molar-refractivity contribution in [2.75, 3.05) is 6.61 Å². The Bertz CT molecular complexity index is 578. The molecule has 0 bridgehead atoms. The van der Waals surface area contributed by atoms with E-state index in [0.29, 0.717) is 12.4 Å². The average Bonchev–Trinajstić information content (AvgIpc) is 2.54. The van der Waals surface area contributed by atoms with Gasteiger partial charge in [0.2, 0.25) is 6.10 Å². The van der Waals surface area contributed by atoms with E-state index in [-0.39, 0.29) is 5.97 Å². The third kappa shape index (κ3) is 4.09. The molecule has 0 heterocycles. The molecule has 0 radical (unpaired) electrons. The van der Waals surface area contributed by atoms with Crippen molar-refractivity contribution in [2.24, 2.45) is 0 Å². The van der Waals surface area contributed by atoms with Gasteiger partial charge in [-0.2, -0.15) is 0 Å². The Morgan fingerprint density at radius 2 is 1.81 bits per heavy atom. The molecule has 21 heavy (non-hydrogen) atoms. The summed E-state index contributed by atoms with van der Waals surface area (Å²) in [6, 6.07) is 17.2. The first-order valence-corrected chi connectivity index (χ1v) is 7.21. The van der Waals surface area contributed by atoms with E-state index in [2.05, 4.69) is 6.92 Å². The molecule has 0 aliphatic rings. The lowest BCUT2D eigenvalue weighted by atomic mass is 10.1. The van der Waals surface area contributed by atoms with Gasteiger partial charge >= 0.3 is 5.97 Å². The summed E-state index contributed by atoms with van der Waals surface area (Å²) in [6.07, 6.45) is 0.185. The monoisotopic (exact) mass is 284 g/mol. The Labute approximate surface area is 125 Å². The minimum absolute atomic E-state index is 0.334. The normalized spacial score (nSPS) is 11.7. The molecular formula is C18H20O3. The fourth-order valence-electron chi connectivity index (χ4n) is 2.07. The molecule has 0 N–H and O–H groups in total. The molecule has 0 saturated carbocycles. The molecule has 0 fully saturated rings. The van der Waals surface area contributed by atoms with Gasteiger partial charge < -0.3 is 9.47 Å². The lowest BCUT2D eigenvalue weighted by Crippen LogP contribution is -2.21. The van der Waals surface area contributed by atoms with Crippen molar-refractivity contribution in [3.63, 3.8) is 0 Å². The Hall–Kier alpha value is -2.29. The van der Waals surface area contributed by atoms with Gasteiger partial charge in [-0.15, -0.1) is 0 Å². The number of carbonyl (C=O) groups excluding carboxylic acids is 1. The highest BCUT2D eigenvalue weighted by Crippen LogP contribution is 2.24. The van der Waals surface area contributed by atoms with Crippen LogP contribution in [0.1, 0.15) is 31.1 Å². The van der Waals surface area contributed by atoms with Crippen molar-refractivity contribution >= 4 is 5.97 Å². The van der Waals surface area contributed by atoms with Crippen molar-refractivity contribution in [1.29, 1.82) is 0 Å². The maximum absolute atomic E-state index is 12.2. The maximum atomic E-state index is 12.2. The summed E-state index contributed by atoms with van der Waals surface area (Å²) >= 11 is 0. The molecule has 2 aromatic carbocycles. The van der Waals surface area contributed by atoms with E-state index < -0.39 is 6.10 Å². The molecule has 110 valence electrons. The number of rotatable bonds is 6. The van der Waals surface area contributed by atoms with Gasteiger partial charge in [0.15, 0.2) is 0 Å². The van der Waals surface area contributed by atoms with Crippen LogP contribution >= 0.6 is 0 Å². The summed E-state index contributed by atoms with van der Waals surface area (Å²) in [5.41, 5.74) is 1.96. The number of carbonyl (C=O) groups is 1. The van der Waals surface area contributed by atoms with Crippen LogP contribution in [-0.2, 0) is 16.0 Å². The summed E-state index contributed by atoms with van der Waals surface area (Å²) in [4.78, 5) is 12.2. The van der Waals surface area contributed by atoms with Crippen molar-refractivity contribution in [3.8, 4) is 5.75 Å². The van der Waals surface area contributed by atoms with E-state index in [1.807, 2.05) is 54.6 Å². The first-order chi connectivity index (χ1) is 10.2. The lowest BCUT2D eigenvalue weighted by molar-refractivity contribution is -0.151. The summed E-state index contributed by atoms with van der Waals surface area (Å²) in [5, 5.41) is 0. The van der Waals surface area contributed by atoms with E-state index in [0.717, 1.165) is 12.0 Å². The molecule has 3 heteroatoms. The van der Waals surface area contributed by atoms with Gasteiger partial charge in [0.1, 0.15) is 5.75 Å². The zero-order valence-electron chi connectivity index (χ0n) is 12.4. The van der Waals surface area contributed by atoms with Crippen molar-refractivity contribution in [1.82, 2.24) is 0 Å². The highest BCUT2D eigenvalue weighted by atomic mass is 16.6. The zero-order valence-corrected chi connectivity index (χ0v) is 12.4. The molecule has 1 unspecified atom stereocenters. The molecule has 0 spiro atoms. The molecule has 0 saturated heterocycles. The van der Waals surface area contributed by atoms with Gasteiger partial charge in [-0.05, 0) is 31.0 Å². The highest BCUT2D eigenvalue weighted by molar-refractivity contribution is 5.77. The number of benzene rings is 2. The van der Waals surface area contributed by atoms with E-state index >= 15 is 0 Å². The summed E-state index contributed by atoms with van der Waals surface area (Å²) in [7, 11) is 0. The number of esters is 1. The molecule has 0 amide bonds. The third-order valence-corrected chi connectivity index (χ3v) is 3.16. The van der Waals surface area contributed by atoms with E-state index in [1.165, 1.54) is 5.56 Å². The summed E-state index contributed by atoms with van der Waals surface area (Å²) in [6.45, 7) is 4.21. The average molecular weight is 284 g/mol. The van der Waals surface area contributed by atoms with E-state index in [1.54, 1.807) is 6.92 Å². The van der Waals surface area contributed by atoms with Crippen LogP contribution in [0.4, 0.5) is 0 Å². The van der Waals surface area contributed by atoms with Crippen LogP contribution in [-0.4, -0.2) is 12.6 Å². The van der Waals surface area contributed by atoms with Gasteiger partial charge in [-0.25, -0.2) is 4.79 Å². The SMILES string of the molecule is CCOC(=O)C(Oc1cccc(CC)c1)c1ccccc1. The molecule has 1 atom stereocenters.